The first-order chi connectivity index (χ1) is 7.89. The molecular formula is C13H16BrN3. The number of hydrogen-bond acceptors (Lipinski definition) is 2. The van der Waals surface area contributed by atoms with Crippen molar-refractivity contribution in [3.05, 3.63) is 34.9 Å². The quantitative estimate of drug-likeness (QED) is 0.872. The summed E-state index contributed by atoms with van der Waals surface area (Å²) in [6.07, 6.45) is 1.71. The molecule has 0 aliphatic rings. The van der Waals surface area contributed by atoms with Crippen molar-refractivity contribution in [2.45, 2.75) is 26.3 Å². The third-order valence-electron chi connectivity index (χ3n) is 2.53. The zero-order chi connectivity index (χ0) is 12.6. The summed E-state index contributed by atoms with van der Waals surface area (Å²) in [5, 5.41) is 4.37. The van der Waals surface area contributed by atoms with E-state index in [2.05, 4.69) is 47.9 Å². The predicted octanol–water partition coefficient (Wildman–Crippen LogP) is 3.65. The molecule has 0 saturated carbocycles. The number of anilines is 1. The maximum absolute atomic E-state index is 6.02. The van der Waals surface area contributed by atoms with Gasteiger partial charge in [0, 0.05) is 10.0 Å². The highest BCUT2D eigenvalue weighted by Gasteiger charge is 2.20. The number of rotatable bonds is 1. The third kappa shape index (κ3) is 2.36. The van der Waals surface area contributed by atoms with Crippen molar-refractivity contribution >= 4 is 21.6 Å². The van der Waals surface area contributed by atoms with Gasteiger partial charge in [-0.15, -0.1) is 0 Å². The number of aromatic nitrogens is 2. The van der Waals surface area contributed by atoms with Crippen molar-refractivity contribution in [3.63, 3.8) is 0 Å². The molecule has 0 radical (unpaired) electrons. The average molecular weight is 294 g/mol. The summed E-state index contributed by atoms with van der Waals surface area (Å²) in [4.78, 5) is 0. The third-order valence-corrected chi connectivity index (χ3v) is 3.02. The highest BCUT2D eigenvalue weighted by molar-refractivity contribution is 9.10. The SMILES string of the molecule is CC(C)(C)n1ncc(N)c1-c1cccc(Br)c1. The standard InChI is InChI=1S/C13H16BrN3/c1-13(2,3)17-12(11(15)8-16-17)9-5-4-6-10(14)7-9/h4-8H,15H2,1-3H3. The van der Waals surface area contributed by atoms with E-state index in [1.165, 1.54) is 0 Å². The second-order valence-electron chi connectivity index (χ2n) is 5.04. The average Bonchev–Trinajstić information content (AvgIpc) is 2.59. The fraction of sp³-hybridized carbons (Fsp3) is 0.308. The van der Waals surface area contributed by atoms with Crippen molar-refractivity contribution in [3.8, 4) is 11.3 Å². The smallest absolute Gasteiger partial charge is 0.0918 e. The molecule has 0 fully saturated rings. The molecule has 1 heterocycles. The molecule has 0 saturated heterocycles. The van der Waals surface area contributed by atoms with Crippen molar-refractivity contribution < 1.29 is 0 Å². The van der Waals surface area contributed by atoms with Crippen LogP contribution in [-0.4, -0.2) is 9.78 Å². The van der Waals surface area contributed by atoms with E-state index < -0.39 is 0 Å². The second kappa shape index (κ2) is 4.18. The van der Waals surface area contributed by atoms with Gasteiger partial charge >= 0.3 is 0 Å². The zero-order valence-electron chi connectivity index (χ0n) is 10.2. The van der Waals surface area contributed by atoms with Crippen LogP contribution in [0.1, 0.15) is 20.8 Å². The number of nitrogens with zero attached hydrogens (tertiary/aromatic N) is 2. The number of nitrogens with two attached hydrogens (primary N) is 1. The fourth-order valence-corrected chi connectivity index (χ4v) is 2.19. The molecule has 3 nitrogen and oxygen atoms in total. The van der Waals surface area contributed by atoms with Crippen molar-refractivity contribution in [1.29, 1.82) is 0 Å². The fourth-order valence-electron chi connectivity index (χ4n) is 1.79. The van der Waals surface area contributed by atoms with Gasteiger partial charge in [-0.3, -0.25) is 4.68 Å². The van der Waals surface area contributed by atoms with Crippen LogP contribution in [0.25, 0.3) is 11.3 Å². The normalized spacial score (nSPS) is 11.8. The lowest BCUT2D eigenvalue weighted by molar-refractivity contribution is 0.360. The van der Waals surface area contributed by atoms with E-state index >= 15 is 0 Å². The Hall–Kier alpha value is -1.29. The lowest BCUT2D eigenvalue weighted by Crippen LogP contribution is -2.24. The van der Waals surface area contributed by atoms with Gasteiger partial charge in [-0.1, -0.05) is 28.1 Å². The Labute approximate surface area is 110 Å². The highest BCUT2D eigenvalue weighted by atomic mass is 79.9. The predicted molar refractivity (Wildman–Crippen MR) is 74.8 cm³/mol. The van der Waals surface area contributed by atoms with E-state index in [0.717, 1.165) is 15.7 Å². The molecule has 2 rings (SSSR count). The zero-order valence-corrected chi connectivity index (χ0v) is 11.8. The molecule has 0 spiro atoms. The second-order valence-corrected chi connectivity index (χ2v) is 5.96. The van der Waals surface area contributed by atoms with Gasteiger partial charge in [-0.25, -0.2) is 0 Å². The molecule has 0 aliphatic carbocycles. The summed E-state index contributed by atoms with van der Waals surface area (Å²) in [6.45, 7) is 6.34. The lowest BCUT2D eigenvalue weighted by Gasteiger charge is -2.22. The molecule has 0 amide bonds. The van der Waals surface area contributed by atoms with Gasteiger partial charge in [0.1, 0.15) is 0 Å². The van der Waals surface area contributed by atoms with Crippen molar-refractivity contribution in [2.24, 2.45) is 0 Å². The summed E-state index contributed by atoms with van der Waals surface area (Å²) in [5.41, 5.74) is 8.68. The van der Waals surface area contributed by atoms with Crippen LogP contribution in [-0.2, 0) is 5.54 Å². The molecule has 0 aliphatic heterocycles. The molecule has 0 atom stereocenters. The molecule has 1 aromatic carbocycles. The monoisotopic (exact) mass is 293 g/mol. The van der Waals surface area contributed by atoms with Crippen LogP contribution < -0.4 is 5.73 Å². The van der Waals surface area contributed by atoms with Gasteiger partial charge in [0.05, 0.1) is 23.1 Å². The minimum absolute atomic E-state index is 0.0880. The molecule has 2 aromatic rings. The van der Waals surface area contributed by atoms with E-state index in [4.69, 9.17) is 5.73 Å². The highest BCUT2D eigenvalue weighted by Crippen LogP contribution is 2.31. The maximum atomic E-state index is 6.02. The van der Waals surface area contributed by atoms with Crippen LogP contribution in [0.2, 0.25) is 0 Å². The minimum Gasteiger partial charge on any atom is -0.396 e. The Morgan fingerprint density at radius 2 is 2.00 bits per heavy atom. The lowest BCUT2D eigenvalue weighted by atomic mass is 10.1. The van der Waals surface area contributed by atoms with Crippen LogP contribution >= 0.6 is 15.9 Å². The minimum atomic E-state index is -0.0880. The first-order valence-corrected chi connectivity index (χ1v) is 6.29. The first kappa shape index (κ1) is 12.2. The molecule has 90 valence electrons. The summed E-state index contributed by atoms with van der Waals surface area (Å²) in [7, 11) is 0. The van der Waals surface area contributed by atoms with E-state index in [1.54, 1.807) is 6.20 Å². The maximum Gasteiger partial charge on any atom is 0.0918 e. The van der Waals surface area contributed by atoms with Crippen LogP contribution in [0.4, 0.5) is 5.69 Å². The van der Waals surface area contributed by atoms with Gasteiger partial charge in [0.15, 0.2) is 0 Å². The van der Waals surface area contributed by atoms with Crippen LogP contribution in [0.15, 0.2) is 34.9 Å². The van der Waals surface area contributed by atoms with Crippen molar-refractivity contribution in [1.82, 2.24) is 9.78 Å². The van der Waals surface area contributed by atoms with Crippen LogP contribution in [0.5, 0.6) is 0 Å². The Morgan fingerprint density at radius 3 is 2.59 bits per heavy atom. The van der Waals surface area contributed by atoms with Gasteiger partial charge in [0.2, 0.25) is 0 Å². The molecule has 2 N–H and O–H groups in total. The van der Waals surface area contributed by atoms with Gasteiger partial charge in [-0.2, -0.15) is 5.10 Å². The Morgan fingerprint density at radius 1 is 1.29 bits per heavy atom. The number of nitrogen functional groups attached to an aromatic ring is 1. The molecule has 0 unspecified atom stereocenters. The number of benzene rings is 1. The Kier molecular flexibility index (Phi) is 3.00. The summed E-state index contributed by atoms with van der Waals surface area (Å²) < 4.78 is 3.00. The summed E-state index contributed by atoms with van der Waals surface area (Å²) in [6, 6.07) is 8.09. The molecular weight excluding hydrogens is 278 g/mol. The number of halogens is 1. The van der Waals surface area contributed by atoms with Crippen LogP contribution in [0, 0.1) is 0 Å². The molecule has 4 heteroatoms. The van der Waals surface area contributed by atoms with E-state index in [-0.39, 0.29) is 5.54 Å². The van der Waals surface area contributed by atoms with E-state index in [0.29, 0.717) is 5.69 Å². The molecule has 0 bridgehead atoms. The van der Waals surface area contributed by atoms with E-state index in [1.807, 2.05) is 22.9 Å². The first-order valence-electron chi connectivity index (χ1n) is 5.49. The van der Waals surface area contributed by atoms with Crippen molar-refractivity contribution in [2.75, 3.05) is 5.73 Å². The largest absolute Gasteiger partial charge is 0.396 e. The molecule has 17 heavy (non-hydrogen) atoms. The number of hydrogen-bond donors (Lipinski definition) is 1. The summed E-state index contributed by atoms with van der Waals surface area (Å²) in [5.74, 6) is 0. The Bertz CT molecular complexity index is 538. The van der Waals surface area contributed by atoms with Gasteiger partial charge in [-0.05, 0) is 32.9 Å². The molecule has 1 aromatic heterocycles. The van der Waals surface area contributed by atoms with Gasteiger partial charge < -0.3 is 5.73 Å². The summed E-state index contributed by atoms with van der Waals surface area (Å²) >= 11 is 3.48. The topological polar surface area (TPSA) is 43.8 Å². The Balaban J connectivity index is 2.63. The van der Waals surface area contributed by atoms with Gasteiger partial charge in [0.25, 0.3) is 0 Å². The van der Waals surface area contributed by atoms with E-state index in [9.17, 15) is 0 Å². The van der Waals surface area contributed by atoms with Crippen LogP contribution in [0.3, 0.4) is 0 Å².